The number of hydrogen-bond acceptors (Lipinski definition) is 5. The average Bonchev–Trinajstić information content (AvgIpc) is 2.52. The van der Waals surface area contributed by atoms with Gasteiger partial charge in [0.25, 0.3) is 0 Å². The van der Waals surface area contributed by atoms with Gasteiger partial charge in [0.2, 0.25) is 15.9 Å². The standard InChI is InChI=1S/C16H25N3O5S.ClH/c1-4-9-19(10-15(20)21)12(3)16(22)18-11(2)13-5-7-14(8-6-13)25(17,23)24;/h5-8,11-12H,4,9-10H2,1-3H3,(H,18,22)(H,20,21)(H2,17,23,24);1H. The van der Waals surface area contributed by atoms with Crippen LogP contribution in [-0.4, -0.2) is 49.4 Å². The summed E-state index contributed by atoms with van der Waals surface area (Å²) >= 11 is 0. The van der Waals surface area contributed by atoms with Crippen molar-refractivity contribution in [1.29, 1.82) is 0 Å². The second-order valence-corrected chi connectivity index (χ2v) is 7.45. The lowest BCUT2D eigenvalue weighted by molar-refractivity contribution is -0.140. The van der Waals surface area contributed by atoms with Gasteiger partial charge in [-0.3, -0.25) is 14.5 Å². The molecule has 1 aromatic carbocycles. The Balaban J connectivity index is 0.00000625. The third-order valence-electron chi connectivity index (χ3n) is 3.84. The number of primary sulfonamides is 1. The largest absolute Gasteiger partial charge is 0.480 e. The number of hydrogen-bond donors (Lipinski definition) is 3. The highest BCUT2D eigenvalue weighted by Gasteiger charge is 2.24. The minimum absolute atomic E-state index is 0. The smallest absolute Gasteiger partial charge is 0.317 e. The Morgan fingerprint density at radius 2 is 1.77 bits per heavy atom. The highest BCUT2D eigenvalue weighted by atomic mass is 35.5. The lowest BCUT2D eigenvalue weighted by Gasteiger charge is -2.27. The molecule has 1 aromatic rings. The molecule has 0 aliphatic carbocycles. The molecule has 10 heteroatoms. The molecule has 148 valence electrons. The molecule has 0 saturated carbocycles. The topological polar surface area (TPSA) is 130 Å². The summed E-state index contributed by atoms with van der Waals surface area (Å²) in [5, 5.41) is 16.8. The van der Waals surface area contributed by atoms with Crippen molar-refractivity contribution in [2.75, 3.05) is 13.1 Å². The predicted molar refractivity (Wildman–Crippen MR) is 101 cm³/mol. The third-order valence-corrected chi connectivity index (χ3v) is 4.77. The monoisotopic (exact) mass is 407 g/mol. The summed E-state index contributed by atoms with van der Waals surface area (Å²) in [6.07, 6.45) is 0.732. The number of sulfonamides is 1. The van der Waals surface area contributed by atoms with Crippen LogP contribution in [0.4, 0.5) is 0 Å². The Morgan fingerprint density at radius 3 is 2.19 bits per heavy atom. The summed E-state index contributed by atoms with van der Waals surface area (Å²) in [4.78, 5) is 24.9. The van der Waals surface area contributed by atoms with Gasteiger partial charge in [0, 0.05) is 0 Å². The molecule has 0 aliphatic rings. The van der Waals surface area contributed by atoms with Gasteiger partial charge < -0.3 is 10.4 Å². The molecule has 0 spiro atoms. The Kier molecular flexibility index (Phi) is 9.79. The van der Waals surface area contributed by atoms with E-state index in [2.05, 4.69) is 5.32 Å². The zero-order chi connectivity index (χ0) is 19.2. The molecular weight excluding hydrogens is 382 g/mol. The number of halogens is 1. The van der Waals surface area contributed by atoms with E-state index >= 15 is 0 Å². The fraction of sp³-hybridized carbons (Fsp3) is 0.500. The summed E-state index contributed by atoms with van der Waals surface area (Å²) in [6.45, 7) is 5.62. The molecule has 0 aromatic heterocycles. The number of aliphatic carboxylic acids is 1. The maximum Gasteiger partial charge on any atom is 0.317 e. The number of carboxylic acids is 1. The molecule has 1 amide bonds. The molecule has 26 heavy (non-hydrogen) atoms. The van der Waals surface area contributed by atoms with Gasteiger partial charge in [-0.25, -0.2) is 13.6 Å². The number of nitrogens with two attached hydrogens (primary N) is 1. The Bertz CT molecular complexity index is 709. The number of rotatable bonds is 9. The van der Waals surface area contributed by atoms with E-state index in [-0.39, 0.29) is 35.8 Å². The molecule has 8 nitrogen and oxygen atoms in total. The van der Waals surface area contributed by atoms with E-state index in [0.29, 0.717) is 12.1 Å². The molecule has 2 atom stereocenters. The van der Waals surface area contributed by atoms with Crippen LogP contribution in [0.5, 0.6) is 0 Å². The molecular formula is C16H26ClN3O5S. The molecule has 0 aliphatic heterocycles. The van der Waals surface area contributed by atoms with Crippen molar-refractivity contribution in [3.05, 3.63) is 29.8 Å². The minimum atomic E-state index is -3.76. The van der Waals surface area contributed by atoms with Gasteiger partial charge in [-0.2, -0.15) is 0 Å². The first-order chi connectivity index (χ1) is 11.6. The van der Waals surface area contributed by atoms with Gasteiger partial charge in [0.05, 0.1) is 23.5 Å². The van der Waals surface area contributed by atoms with Gasteiger partial charge in [0.15, 0.2) is 0 Å². The fourth-order valence-electron chi connectivity index (χ4n) is 2.40. The molecule has 0 bridgehead atoms. The highest BCUT2D eigenvalue weighted by molar-refractivity contribution is 7.89. The number of nitrogens with zero attached hydrogens (tertiary/aromatic N) is 1. The van der Waals surface area contributed by atoms with E-state index in [1.54, 1.807) is 30.9 Å². The normalized spacial score (nSPS) is 13.6. The maximum atomic E-state index is 12.4. The first-order valence-electron chi connectivity index (χ1n) is 7.95. The van der Waals surface area contributed by atoms with Crippen molar-refractivity contribution in [2.45, 2.75) is 44.2 Å². The van der Waals surface area contributed by atoms with Crippen LogP contribution in [0.2, 0.25) is 0 Å². The Labute approximate surface area is 160 Å². The minimum Gasteiger partial charge on any atom is -0.480 e. The average molecular weight is 408 g/mol. The Morgan fingerprint density at radius 1 is 1.23 bits per heavy atom. The quantitative estimate of drug-likeness (QED) is 0.562. The van der Waals surface area contributed by atoms with E-state index in [0.717, 1.165) is 6.42 Å². The lowest BCUT2D eigenvalue weighted by Crippen LogP contribution is -2.47. The van der Waals surface area contributed by atoms with Crippen LogP contribution in [-0.2, 0) is 19.6 Å². The van der Waals surface area contributed by atoms with Crippen molar-refractivity contribution < 1.29 is 23.1 Å². The van der Waals surface area contributed by atoms with Crippen molar-refractivity contribution in [3.8, 4) is 0 Å². The van der Waals surface area contributed by atoms with E-state index in [4.69, 9.17) is 10.2 Å². The van der Waals surface area contributed by atoms with E-state index in [1.807, 2.05) is 6.92 Å². The zero-order valence-electron chi connectivity index (χ0n) is 15.0. The van der Waals surface area contributed by atoms with Crippen LogP contribution < -0.4 is 10.5 Å². The maximum absolute atomic E-state index is 12.4. The van der Waals surface area contributed by atoms with E-state index in [1.165, 1.54) is 12.1 Å². The van der Waals surface area contributed by atoms with Crippen LogP contribution in [0.25, 0.3) is 0 Å². The molecule has 0 saturated heterocycles. The van der Waals surface area contributed by atoms with Gasteiger partial charge in [-0.05, 0) is 44.5 Å². The highest BCUT2D eigenvalue weighted by Crippen LogP contribution is 2.16. The second-order valence-electron chi connectivity index (χ2n) is 5.88. The number of amides is 1. The molecule has 1 rings (SSSR count). The number of carbonyl (C=O) groups is 2. The second kappa shape index (κ2) is 10.5. The number of nitrogens with one attached hydrogen (secondary N) is 1. The van der Waals surface area contributed by atoms with Gasteiger partial charge in [-0.1, -0.05) is 19.1 Å². The van der Waals surface area contributed by atoms with Crippen LogP contribution in [0.3, 0.4) is 0 Å². The zero-order valence-corrected chi connectivity index (χ0v) is 16.6. The first kappa shape index (κ1) is 24.3. The summed E-state index contributed by atoms with van der Waals surface area (Å²) < 4.78 is 22.5. The van der Waals surface area contributed by atoms with E-state index < -0.39 is 22.0 Å². The molecule has 2 unspecified atom stereocenters. The fourth-order valence-corrected chi connectivity index (χ4v) is 2.92. The summed E-state index contributed by atoms with van der Waals surface area (Å²) in [6, 6.07) is 4.96. The van der Waals surface area contributed by atoms with Gasteiger partial charge >= 0.3 is 5.97 Å². The Hall–Kier alpha value is -1.68. The van der Waals surface area contributed by atoms with Crippen LogP contribution in [0, 0.1) is 0 Å². The molecule has 0 fully saturated rings. The lowest BCUT2D eigenvalue weighted by atomic mass is 10.1. The van der Waals surface area contributed by atoms with Crippen molar-refractivity contribution >= 4 is 34.3 Å². The van der Waals surface area contributed by atoms with Crippen LogP contribution in [0.1, 0.15) is 38.8 Å². The SMILES string of the molecule is CCCN(CC(=O)O)C(C)C(=O)NC(C)c1ccc(S(N)(=O)=O)cc1.Cl. The first-order valence-corrected chi connectivity index (χ1v) is 9.49. The van der Waals surface area contributed by atoms with Crippen LogP contribution in [0.15, 0.2) is 29.2 Å². The third kappa shape index (κ3) is 7.28. The summed E-state index contributed by atoms with van der Waals surface area (Å²) in [5.74, 6) is -1.28. The predicted octanol–water partition coefficient (Wildman–Crippen LogP) is 1.12. The van der Waals surface area contributed by atoms with Gasteiger partial charge in [-0.15, -0.1) is 12.4 Å². The summed E-state index contributed by atoms with van der Waals surface area (Å²) in [5.41, 5.74) is 0.716. The van der Waals surface area contributed by atoms with Crippen molar-refractivity contribution in [1.82, 2.24) is 10.2 Å². The number of carboxylic acid groups (broad SMARTS) is 1. The molecule has 4 N–H and O–H groups in total. The van der Waals surface area contributed by atoms with Crippen molar-refractivity contribution in [3.63, 3.8) is 0 Å². The van der Waals surface area contributed by atoms with E-state index in [9.17, 15) is 18.0 Å². The van der Waals surface area contributed by atoms with Gasteiger partial charge in [0.1, 0.15) is 0 Å². The number of carbonyl (C=O) groups excluding carboxylic acids is 1. The molecule has 0 heterocycles. The number of benzene rings is 1. The van der Waals surface area contributed by atoms with Crippen LogP contribution >= 0.6 is 12.4 Å². The van der Waals surface area contributed by atoms with Crippen molar-refractivity contribution in [2.24, 2.45) is 5.14 Å². The summed E-state index contributed by atoms with van der Waals surface area (Å²) in [7, 11) is -3.76. The molecule has 0 radical (unpaired) electrons.